The molecule has 6 heteroatoms. The summed E-state index contributed by atoms with van der Waals surface area (Å²) in [7, 11) is 1.86. The van der Waals surface area contributed by atoms with E-state index in [1.54, 1.807) is 19.2 Å². The molecular formula is C16H27NO5. The molecule has 0 aromatic carbocycles. The number of esters is 2. The zero-order valence-electron chi connectivity index (χ0n) is 13.5. The number of carbonyl (C=O) groups is 2. The van der Waals surface area contributed by atoms with Crippen molar-refractivity contribution in [3.05, 3.63) is 24.4 Å². The maximum atomic E-state index is 11.4. The Bertz CT molecular complexity index is 366. The number of carbonyl (C=O) groups excluding carboxylic acids is 2. The molecule has 0 aliphatic rings. The van der Waals surface area contributed by atoms with Crippen molar-refractivity contribution in [2.45, 2.75) is 32.6 Å². The average Bonchev–Trinajstić information content (AvgIpc) is 2.49. The van der Waals surface area contributed by atoms with Crippen molar-refractivity contribution >= 4 is 11.9 Å². The molecule has 0 aliphatic carbocycles. The molecule has 0 unspecified atom stereocenters. The Labute approximate surface area is 132 Å². The van der Waals surface area contributed by atoms with E-state index in [9.17, 15) is 9.59 Å². The quantitative estimate of drug-likeness (QED) is 0.335. The second-order valence-corrected chi connectivity index (χ2v) is 4.77. The minimum Gasteiger partial charge on any atom is -0.463 e. The van der Waals surface area contributed by atoms with Gasteiger partial charge in [-0.2, -0.15) is 0 Å². The van der Waals surface area contributed by atoms with Crippen molar-refractivity contribution in [1.29, 1.82) is 0 Å². The normalized spacial score (nSPS) is 11.0. The average molecular weight is 313 g/mol. The summed E-state index contributed by atoms with van der Waals surface area (Å²) in [5, 5.41) is 8.67. The third-order valence-electron chi connectivity index (χ3n) is 2.71. The Morgan fingerprint density at radius 2 is 1.59 bits per heavy atom. The van der Waals surface area contributed by atoms with Crippen molar-refractivity contribution in [2.75, 3.05) is 33.4 Å². The van der Waals surface area contributed by atoms with E-state index in [0.717, 1.165) is 19.4 Å². The summed E-state index contributed by atoms with van der Waals surface area (Å²) in [5.74, 6) is -0.744. The summed E-state index contributed by atoms with van der Waals surface area (Å²) in [6, 6.07) is 0. The molecule has 6 nitrogen and oxygen atoms in total. The van der Waals surface area contributed by atoms with Gasteiger partial charge in [0.25, 0.3) is 0 Å². The molecule has 0 saturated heterocycles. The number of nitrogens with zero attached hydrogens (tertiary/aromatic N) is 1. The van der Waals surface area contributed by atoms with Gasteiger partial charge in [-0.05, 0) is 32.6 Å². The number of ether oxygens (including phenoxy) is 2. The number of hydrogen-bond acceptors (Lipinski definition) is 6. The van der Waals surface area contributed by atoms with Crippen LogP contribution in [-0.4, -0.2) is 55.4 Å². The van der Waals surface area contributed by atoms with Gasteiger partial charge in [-0.3, -0.25) is 0 Å². The number of aliphatic hydroxyl groups is 1. The van der Waals surface area contributed by atoms with Crippen molar-refractivity contribution in [3.63, 3.8) is 0 Å². The van der Waals surface area contributed by atoms with Gasteiger partial charge in [-0.15, -0.1) is 0 Å². The first kappa shape index (κ1) is 20.2. The van der Waals surface area contributed by atoms with E-state index in [-0.39, 0.29) is 18.5 Å². The summed E-state index contributed by atoms with van der Waals surface area (Å²) in [6.07, 6.45) is 8.96. The monoisotopic (exact) mass is 313 g/mol. The fourth-order valence-corrected chi connectivity index (χ4v) is 1.52. The lowest BCUT2D eigenvalue weighted by atomic mass is 10.3. The Kier molecular flexibility index (Phi) is 13.0. The summed E-state index contributed by atoms with van der Waals surface area (Å²) < 4.78 is 9.94. The van der Waals surface area contributed by atoms with Crippen LogP contribution in [0.5, 0.6) is 0 Å². The molecule has 0 fully saturated rings. The predicted molar refractivity (Wildman–Crippen MR) is 84.1 cm³/mol. The third kappa shape index (κ3) is 13.2. The fraction of sp³-hybridized carbons (Fsp3) is 0.625. The maximum Gasteiger partial charge on any atom is 0.332 e. The number of aliphatic hydroxyl groups excluding tert-OH is 1. The third-order valence-corrected chi connectivity index (χ3v) is 2.71. The molecule has 0 spiro atoms. The van der Waals surface area contributed by atoms with Crippen LogP contribution in [0.25, 0.3) is 0 Å². The lowest BCUT2D eigenvalue weighted by Crippen LogP contribution is -2.14. The van der Waals surface area contributed by atoms with E-state index in [0.29, 0.717) is 26.1 Å². The SMILES string of the molecule is C/C=C/C(=O)OCCCCOC(=O)/C=C/N(C)CCCCO. The fourth-order valence-electron chi connectivity index (χ4n) is 1.52. The molecule has 0 aromatic heterocycles. The molecule has 0 heterocycles. The lowest BCUT2D eigenvalue weighted by Gasteiger charge is -2.12. The highest BCUT2D eigenvalue weighted by atomic mass is 16.5. The predicted octanol–water partition coefficient (Wildman–Crippen LogP) is 1.65. The summed E-state index contributed by atoms with van der Waals surface area (Å²) >= 11 is 0. The molecule has 0 rings (SSSR count). The molecule has 0 amide bonds. The number of hydrogen-bond donors (Lipinski definition) is 1. The van der Waals surface area contributed by atoms with Crippen LogP contribution < -0.4 is 0 Å². The van der Waals surface area contributed by atoms with Crippen LogP contribution in [0.15, 0.2) is 24.4 Å². The van der Waals surface area contributed by atoms with Crippen LogP contribution in [0.1, 0.15) is 32.6 Å². The van der Waals surface area contributed by atoms with Crippen molar-refractivity contribution < 1.29 is 24.2 Å². The van der Waals surface area contributed by atoms with Crippen LogP contribution in [-0.2, 0) is 19.1 Å². The van der Waals surface area contributed by atoms with Gasteiger partial charge in [0.1, 0.15) is 0 Å². The molecule has 0 aromatic rings. The molecule has 0 saturated carbocycles. The number of unbranched alkanes of at least 4 members (excludes halogenated alkanes) is 2. The molecule has 126 valence electrons. The zero-order valence-corrected chi connectivity index (χ0v) is 13.5. The van der Waals surface area contributed by atoms with E-state index in [2.05, 4.69) is 0 Å². The van der Waals surface area contributed by atoms with Gasteiger partial charge in [0.05, 0.1) is 13.2 Å². The molecule has 1 N–H and O–H groups in total. The molecule has 0 aliphatic heterocycles. The van der Waals surface area contributed by atoms with Gasteiger partial charge >= 0.3 is 11.9 Å². The molecular weight excluding hydrogens is 286 g/mol. The van der Waals surface area contributed by atoms with Gasteiger partial charge in [0.15, 0.2) is 0 Å². The first-order chi connectivity index (χ1) is 10.6. The molecule has 0 bridgehead atoms. The highest BCUT2D eigenvalue weighted by molar-refractivity contribution is 5.82. The van der Waals surface area contributed by atoms with Crippen LogP contribution in [0.3, 0.4) is 0 Å². The Morgan fingerprint density at radius 3 is 2.14 bits per heavy atom. The second-order valence-electron chi connectivity index (χ2n) is 4.77. The molecule has 0 radical (unpaired) electrons. The Balaban J connectivity index is 3.58. The zero-order chi connectivity index (χ0) is 16.6. The second kappa shape index (κ2) is 14.1. The van der Waals surface area contributed by atoms with Crippen LogP contribution in [0, 0.1) is 0 Å². The first-order valence-corrected chi connectivity index (χ1v) is 7.55. The summed E-state index contributed by atoms with van der Waals surface area (Å²) in [4.78, 5) is 24.3. The maximum absolute atomic E-state index is 11.4. The van der Waals surface area contributed by atoms with E-state index in [1.165, 1.54) is 12.2 Å². The minimum atomic E-state index is -0.389. The Morgan fingerprint density at radius 1 is 1.00 bits per heavy atom. The number of allylic oxidation sites excluding steroid dienone is 1. The van der Waals surface area contributed by atoms with Gasteiger partial charge in [-0.1, -0.05) is 6.08 Å². The topological polar surface area (TPSA) is 76.1 Å². The first-order valence-electron chi connectivity index (χ1n) is 7.55. The van der Waals surface area contributed by atoms with Gasteiger partial charge in [0, 0.05) is 38.6 Å². The van der Waals surface area contributed by atoms with E-state index < -0.39 is 0 Å². The largest absolute Gasteiger partial charge is 0.463 e. The van der Waals surface area contributed by atoms with E-state index in [1.807, 2.05) is 11.9 Å². The van der Waals surface area contributed by atoms with Crippen LogP contribution in [0.4, 0.5) is 0 Å². The van der Waals surface area contributed by atoms with Crippen LogP contribution >= 0.6 is 0 Å². The Hall–Kier alpha value is -1.82. The van der Waals surface area contributed by atoms with Crippen molar-refractivity contribution in [2.24, 2.45) is 0 Å². The van der Waals surface area contributed by atoms with Gasteiger partial charge in [-0.25, -0.2) is 9.59 Å². The highest BCUT2D eigenvalue weighted by Crippen LogP contribution is 1.96. The van der Waals surface area contributed by atoms with Gasteiger partial charge < -0.3 is 19.5 Å². The summed E-state index contributed by atoms with van der Waals surface area (Å²) in [5.41, 5.74) is 0. The lowest BCUT2D eigenvalue weighted by molar-refractivity contribution is -0.140. The molecule has 22 heavy (non-hydrogen) atoms. The van der Waals surface area contributed by atoms with E-state index in [4.69, 9.17) is 14.6 Å². The van der Waals surface area contributed by atoms with E-state index >= 15 is 0 Å². The summed E-state index contributed by atoms with van der Waals surface area (Å²) in [6.45, 7) is 3.34. The highest BCUT2D eigenvalue weighted by Gasteiger charge is 1.99. The standard InChI is InChI=1S/C16H27NO5/c1-3-8-15(19)21-13-6-7-14-22-16(20)9-11-17(2)10-4-5-12-18/h3,8-9,11,18H,4-7,10,12-14H2,1-2H3/b8-3+,11-9+. The van der Waals surface area contributed by atoms with Crippen LogP contribution in [0.2, 0.25) is 0 Å². The smallest absolute Gasteiger partial charge is 0.332 e. The van der Waals surface area contributed by atoms with Gasteiger partial charge in [0.2, 0.25) is 0 Å². The van der Waals surface area contributed by atoms with Crippen molar-refractivity contribution in [1.82, 2.24) is 4.90 Å². The molecule has 0 atom stereocenters. The van der Waals surface area contributed by atoms with Crippen molar-refractivity contribution in [3.8, 4) is 0 Å². The minimum absolute atomic E-state index is 0.184. The number of rotatable bonds is 12.